The molecule has 4 heteroatoms. The van der Waals surface area contributed by atoms with Gasteiger partial charge in [0.1, 0.15) is 0 Å². The third-order valence-corrected chi connectivity index (χ3v) is 4.39. The number of imidazole rings is 1. The highest BCUT2D eigenvalue weighted by Gasteiger charge is 2.26. The van der Waals surface area contributed by atoms with Crippen LogP contribution in [0.15, 0.2) is 41.0 Å². The van der Waals surface area contributed by atoms with Gasteiger partial charge >= 0.3 is 0 Å². The highest BCUT2D eigenvalue weighted by molar-refractivity contribution is 9.10. The van der Waals surface area contributed by atoms with E-state index in [4.69, 9.17) is 9.72 Å². The van der Waals surface area contributed by atoms with Crippen molar-refractivity contribution < 1.29 is 4.74 Å². The summed E-state index contributed by atoms with van der Waals surface area (Å²) in [5.74, 6) is 0.813. The molecule has 0 bridgehead atoms. The second-order valence-electron chi connectivity index (χ2n) is 4.62. The monoisotopic (exact) mass is 314 g/mol. The molecule has 1 aliphatic carbocycles. The number of ether oxygens (including phenoxy) is 1. The predicted molar refractivity (Wildman–Crippen MR) is 77.7 cm³/mol. The number of pyridine rings is 1. The Hall–Kier alpha value is -1.81. The van der Waals surface area contributed by atoms with Crippen LogP contribution in [0.2, 0.25) is 0 Å². The van der Waals surface area contributed by atoms with Crippen LogP contribution in [0.5, 0.6) is 5.75 Å². The fourth-order valence-corrected chi connectivity index (χ4v) is 3.27. The topological polar surface area (TPSA) is 26.5 Å². The summed E-state index contributed by atoms with van der Waals surface area (Å²) in [5.41, 5.74) is 5.73. The lowest BCUT2D eigenvalue weighted by atomic mass is 10.1. The van der Waals surface area contributed by atoms with Crippen LogP contribution in [0.25, 0.3) is 16.9 Å². The van der Waals surface area contributed by atoms with Crippen molar-refractivity contribution >= 4 is 21.6 Å². The van der Waals surface area contributed by atoms with E-state index in [2.05, 4.69) is 38.5 Å². The first-order valence-corrected chi connectivity index (χ1v) is 6.90. The first-order chi connectivity index (χ1) is 9.29. The van der Waals surface area contributed by atoms with Crippen molar-refractivity contribution in [1.82, 2.24) is 9.38 Å². The van der Waals surface area contributed by atoms with Gasteiger partial charge < -0.3 is 4.74 Å². The summed E-state index contributed by atoms with van der Waals surface area (Å²) in [6.07, 6.45) is 2.95. The molecule has 1 aliphatic rings. The SMILES string of the molecule is COc1cccn2c3c(nc12)-c1cccc(Br)c1C3. The van der Waals surface area contributed by atoms with Gasteiger partial charge in [-0.25, -0.2) is 4.98 Å². The van der Waals surface area contributed by atoms with E-state index in [9.17, 15) is 0 Å². The van der Waals surface area contributed by atoms with E-state index in [0.29, 0.717) is 0 Å². The smallest absolute Gasteiger partial charge is 0.180 e. The lowest BCUT2D eigenvalue weighted by Gasteiger charge is -2.04. The highest BCUT2D eigenvalue weighted by Crippen LogP contribution is 2.40. The Morgan fingerprint density at radius 3 is 3.00 bits per heavy atom. The molecule has 0 unspecified atom stereocenters. The number of nitrogens with zero attached hydrogens (tertiary/aromatic N) is 2. The maximum Gasteiger partial charge on any atom is 0.180 e. The van der Waals surface area contributed by atoms with Crippen molar-refractivity contribution in [2.45, 2.75) is 6.42 Å². The molecule has 19 heavy (non-hydrogen) atoms. The maximum atomic E-state index is 5.38. The normalized spacial score (nSPS) is 12.5. The van der Waals surface area contributed by atoms with Crippen LogP contribution < -0.4 is 4.74 Å². The zero-order chi connectivity index (χ0) is 13.0. The van der Waals surface area contributed by atoms with Gasteiger partial charge in [0.15, 0.2) is 11.4 Å². The molecule has 4 rings (SSSR count). The van der Waals surface area contributed by atoms with E-state index >= 15 is 0 Å². The number of aromatic nitrogens is 2. The zero-order valence-electron chi connectivity index (χ0n) is 10.4. The largest absolute Gasteiger partial charge is 0.493 e. The third-order valence-electron chi connectivity index (χ3n) is 3.65. The number of hydrogen-bond donors (Lipinski definition) is 0. The van der Waals surface area contributed by atoms with E-state index in [-0.39, 0.29) is 0 Å². The zero-order valence-corrected chi connectivity index (χ0v) is 11.9. The minimum atomic E-state index is 0.813. The molecule has 3 aromatic rings. The van der Waals surface area contributed by atoms with Crippen molar-refractivity contribution in [2.24, 2.45) is 0 Å². The molecule has 0 saturated heterocycles. The molecule has 1 aromatic carbocycles. The van der Waals surface area contributed by atoms with Crippen molar-refractivity contribution in [2.75, 3.05) is 7.11 Å². The van der Waals surface area contributed by atoms with Gasteiger partial charge in [-0.2, -0.15) is 0 Å². The summed E-state index contributed by atoms with van der Waals surface area (Å²) < 4.78 is 8.66. The first-order valence-electron chi connectivity index (χ1n) is 6.11. The van der Waals surface area contributed by atoms with E-state index in [1.54, 1.807) is 7.11 Å². The number of halogens is 1. The molecule has 0 amide bonds. The van der Waals surface area contributed by atoms with Crippen LogP contribution in [0.4, 0.5) is 0 Å². The van der Waals surface area contributed by atoms with Crippen LogP contribution in [0, 0.1) is 0 Å². The molecule has 0 fully saturated rings. The summed E-state index contributed by atoms with van der Waals surface area (Å²) in [5, 5.41) is 0. The molecule has 2 heterocycles. The molecule has 0 atom stereocenters. The van der Waals surface area contributed by atoms with Gasteiger partial charge in [-0.1, -0.05) is 28.1 Å². The van der Waals surface area contributed by atoms with Crippen LogP contribution in [-0.4, -0.2) is 16.5 Å². The number of benzene rings is 1. The lowest BCUT2D eigenvalue weighted by Crippen LogP contribution is -1.94. The highest BCUT2D eigenvalue weighted by atomic mass is 79.9. The molecule has 94 valence electrons. The molecule has 0 radical (unpaired) electrons. The molecular weight excluding hydrogens is 304 g/mol. The lowest BCUT2D eigenvalue weighted by molar-refractivity contribution is 0.417. The minimum Gasteiger partial charge on any atom is -0.493 e. The minimum absolute atomic E-state index is 0.813. The van der Waals surface area contributed by atoms with Crippen LogP contribution in [0.1, 0.15) is 11.3 Å². The second-order valence-corrected chi connectivity index (χ2v) is 5.47. The van der Waals surface area contributed by atoms with E-state index in [0.717, 1.165) is 28.0 Å². The van der Waals surface area contributed by atoms with Gasteiger partial charge in [-0.05, 0) is 23.8 Å². The predicted octanol–water partition coefficient (Wildman–Crippen LogP) is 3.68. The standard InChI is InChI=1S/C15H11BrN2O/c1-19-13-6-3-7-18-12-8-10-9(4-2-5-11(10)16)14(12)17-15(13)18/h2-7H,8H2,1H3. The molecule has 2 aromatic heterocycles. The number of hydrogen-bond acceptors (Lipinski definition) is 2. The number of fused-ring (bicyclic) bond motifs is 5. The average molecular weight is 315 g/mol. The Kier molecular flexibility index (Phi) is 2.23. The Bertz CT molecular complexity index is 807. The Morgan fingerprint density at radius 1 is 1.26 bits per heavy atom. The van der Waals surface area contributed by atoms with Gasteiger partial charge in [0.05, 0.1) is 18.5 Å². The third kappa shape index (κ3) is 1.40. The average Bonchev–Trinajstić information content (AvgIpc) is 2.96. The van der Waals surface area contributed by atoms with Crippen molar-refractivity contribution in [1.29, 1.82) is 0 Å². The fraction of sp³-hybridized carbons (Fsp3) is 0.133. The van der Waals surface area contributed by atoms with Gasteiger partial charge in [0.25, 0.3) is 0 Å². The van der Waals surface area contributed by atoms with Gasteiger partial charge in [-0.3, -0.25) is 4.40 Å². The van der Waals surface area contributed by atoms with Crippen LogP contribution in [-0.2, 0) is 6.42 Å². The number of rotatable bonds is 1. The molecule has 0 N–H and O–H groups in total. The Balaban J connectivity index is 2.06. The first kappa shape index (κ1) is 11.1. The summed E-state index contributed by atoms with van der Waals surface area (Å²) in [7, 11) is 1.68. The van der Waals surface area contributed by atoms with Crippen LogP contribution in [0.3, 0.4) is 0 Å². The summed E-state index contributed by atoms with van der Waals surface area (Å²) >= 11 is 3.62. The van der Waals surface area contributed by atoms with Gasteiger partial charge in [0, 0.05) is 22.7 Å². The molecular formula is C15H11BrN2O. The fourth-order valence-electron chi connectivity index (χ4n) is 2.76. The summed E-state index contributed by atoms with van der Waals surface area (Å²) in [4.78, 5) is 4.76. The van der Waals surface area contributed by atoms with E-state index in [1.807, 2.05) is 18.3 Å². The van der Waals surface area contributed by atoms with Crippen molar-refractivity contribution in [3.63, 3.8) is 0 Å². The summed E-state index contributed by atoms with van der Waals surface area (Å²) in [6.45, 7) is 0. The molecule has 0 spiro atoms. The maximum absolute atomic E-state index is 5.38. The van der Waals surface area contributed by atoms with Crippen molar-refractivity contribution in [3.8, 4) is 17.0 Å². The molecule has 0 aliphatic heterocycles. The Morgan fingerprint density at radius 2 is 2.16 bits per heavy atom. The van der Waals surface area contributed by atoms with E-state index in [1.165, 1.54) is 16.8 Å². The molecule has 3 nitrogen and oxygen atoms in total. The van der Waals surface area contributed by atoms with E-state index < -0.39 is 0 Å². The van der Waals surface area contributed by atoms with Gasteiger partial charge in [0.2, 0.25) is 0 Å². The summed E-state index contributed by atoms with van der Waals surface area (Å²) in [6, 6.07) is 10.2. The quantitative estimate of drug-likeness (QED) is 0.536. The van der Waals surface area contributed by atoms with Gasteiger partial charge in [-0.15, -0.1) is 0 Å². The van der Waals surface area contributed by atoms with Crippen LogP contribution >= 0.6 is 15.9 Å². The van der Waals surface area contributed by atoms with Crippen molar-refractivity contribution in [3.05, 3.63) is 52.3 Å². The molecule has 0 saturated carbocycles. The number of methoxy groups -OCH3 is 1. The second kappa shape index (κ2) is 3.84. The Labute approximate surface area is 119 Å².